The molecule has 17 heteroatoms. The molecule has 4 aromatic rings. The molecular weight excluding hydrogens is 574 g/mol. The van der Waals surface area contributed by atoms with E-state index in [1.807, 2.05) is 0 Å². The van der Waals surface area contributed by atoms with Gasteiger partial charge in [-0.2, -0.15) is 0 Å². The fourth-order valence-corrected chi connectivity index (χ4v) is 6.00. The van der Waals surface area contributed by atoms with Crippen molar-refractivity contribution in [3.05, 3.63) is 72.8 Å². The molecule has 0 spiro atoms. The summed E-state index contributed by atoms with van der Waals surface area (Å²) in [7, 11) is -9.52. The lowest BCUT2D eigenvalue weighted by Gasteiger charge is -2.45. The number of phosphoric acid groups is 2. The third kappa shape index (κ3) is 6.15. The highest BCUT2D eigenvalue weighted by molar-refractivity contribution is 7.48. The van der Waals surface area contributed by atoms with Crippen molar-refractivity contribution in [2.45, 2.75) is 12.5 Å². The van der Waals surface area contributed by atoms with Crippen LogP contribution in [0.25, 0.3) is 11.2 Å². The SMILES string of the molecule is Nc1ncnc2c1ncn2[C@@H]1C[C@H](COP(=O)(O)Oc2ccccc2F)[C@H]1COP(=O)(O)Oc1ccccc1F. The Hall–Kier alpha value is -3.45. The number of halogens is 2. The van der Waals surface area contributed by atoms with Crippen LogP contribution >= 0.6 is 15.6 Å². The van der Waals surface area contributed by atoms with Gasteiger partial charge in [-0.05, 0) is 36.6 Å². The summed E-state index contributed by atoms with van der Waals surface area (Å²) < 4.78 is 74.6. The van der Waals surface area contributed by atoms with Crippen LogP contribution < -0.4 is 14.8 Å². The number of hydrogen-bond donors (Lipinski definition) is 3. The third-order valence-corrected chi connectivity index (χ3v) is 8.18. The average Bonchev–Trinajstić information content (AvgIpc) is 3.31. The maximum absolute atomic E-state index is 13.9. The van der Waals surface area contributed by atoms with Gasteiger partial charge in [0.15, 0.2) is 34.6 Å². The van der Waals surface area contributed by atoms with Gasteiger partial charge in [0, 0.05) is 12.0 Å². The van der Waals surface area contributed by atoms with E-state index in [1.54, 1.807) is 4.57 Å². The predicted molar refractivity (Wildman–Crippen MR) is 136 cm³/mol. The smallest absolute Gasteiger partial charge is 0.401 e. The second-order valence-corrected chi connectivity index (χ2v) is 11.6. The van der Waals surface area contributed by atoms with Crippen molar-refractivity contribution in [2.75, 3.05) is 18.9 Å². The Balaban J connectivity index is 1.32. The molecule has 2 unspecified atom stereocenters. The Morgan fingerprint density at radius 1 is 0.900 bits per heavy atom. The van der Waals surface area contributed by atoms with E-state index < -0.39 is 63.3 Å². The second kappa shape index (κ2) is 11.2. The first-order valence-corrected chi connectivity index (χ1v) is 14.8. The molecule has 5 atom stereocenters. The van der Waals surface area contributed by atoms with Crippen molar-refractivity contribution in [3.63, 3.8) is 0 Å². The molecule has 1 saturated carbocycles. The minimum Gasteiger partial charge on any atom is -0.401 e. The molecule has 0 bridgehead atoms. The van der Waals surface area contributed by atoms with E-state index >= 15 is 0 Å². The van der Waals surface area contributed by atoms with Crippen LogP contribution in [0, 0.1) is 23.5 Å². The summed E-state index contributed by atoms with van der Waals surface area (Å²) in [6.45, 7) is -0.745. The highest BCUT2D eigenvalue weighted by Gasteiger charge is 2.46. The lowest BCUT2D eigenvalue weighted by molar-refractivity contribution is -0.00459. The summed E-state index contributed by atoms with van der Waals surface area (Å²) in [6, 6.07) is 9.64. The molecule has 2 aromatic heterocycles. The van der Waals surface area contributed by atoms with E-state index in [0.29, 0.717) is 17.6 Å². The van der Waals surface area contributed by atoms with Gasteiger partial charge in [0.25, 0.3) is 0 Å². The first kappa shape index (κ1) is 28.1. The van der Waals surface area contributed by atoms with Crippen LogP contribution in [0.2, 0.25) is 0 Å². The largest absolute Gasteiger partial charge is 0.527 e. The van der Waals surface area contributed by atoms with Crippen molar-refractivity contribution >= 4 is 32.6 Å². The standard InChI is InChI=1S/C23H23F2N5O8P2/c24-16-5-1-3-7-19(16)37-39(31,32)35-10-14-9-18(30-13-29-21-22(26)27-12-28-23(21)30)15(14)11-36-40(33,34)38-20-8-4-2-6-17(20)25/h1-8,12-15,18H,9-11H2,(H,31,32)(H,33,34)(H2,26,27,28)/t14-,15-,18-/m1/s1. The maximum atomic E-state index is 13.9. The minimum absolute atomic E-state index is 0.153. The maximum Gasteiger partial charge on any atom is 0.527 e. The molecule has 0 radical (unpaired) electrons. The van der Waals surface area contributed by atoms with Crippen molar-refractivity contribution in [1.82, 2.24) is 19.5 Å². The van der Waals surface area contributed by atoms with Crippen LogP contribution in [-0.4, -0.2) is 42.5 Å². The van der Waals surface area contributed by atoms with E-state index in [-0.39, 0.29) is 12.4 Å². The molecule has 40 heavy (non-hydrogen) atoms. The molecule has 13 nitrogen and oxygen atoms in total. The van der Waals surface area contributed by atoms with E-state index in [1.165, 1.54) is 49.1 Å². The minimum atomic E-state index is -4.79. The van der Waals surface area contributed by atoms with Crippen LogP contribution in [0.15, 0.2) is 61.2 Å². The van der Waals surface area contributed by atoms with E-state index in [0.717, 1.165) is 12.1 Å². The number of phosphoric ester groups is 2. The number of nitrogens with zero attached hydrogens (tertiary/aromatic N) is 4. The first-order chi connectivity index (χ1) is 19.0. The second-order valence-electron chi connectivity index (χ2n) is 8.88. The number of hydrogen-bond acceptors (Lipinski definition) is 10. The van der Waals surface area contributed by atoms with Gasteiger partial charge >= 0.3 is 15.6 Å². The molecule has 2 heterocycles. The van der Waals surface area contributed by atoms with Crippen molar-refractivity contribution < 1.29 is 45.8 Å². The van der Waals surface area contributed by atoms with Gasteiger partial charge in [0.1, 0.15) is 11.8 Å². The summed E-state index contributed by atoms with van der Waals surface area (Å²) in [5, 5.41) is 0. The number of anilines is 1. The Morgan fingerprint density at radius 2 is 1.48 bits per heavy atom. The quantitative estimate of drug-likeness (QED) is 0.209. The average molecular weight is 597 g/mol. The van der Waals surface area contributed by atoms with Gasteiger partial charge in [-0.15, -0.1) is 0 Å². The molecule has 4 N–H and O–H groups in total. The molecule has 0 saturated heterocycles. The van der Waals surface area contributed by atoms with Crippen LogP contribution in [0.5, 0.6) is 11.5 Å². The third-order valence-electron chi connectivity index (χ3n) is 6.37. The lowest BCUT2D eigenvalue weighted by atomic mass is 9.70. The molecule has 212 valence electrons. The number of nitrogen functional groups attached to an aromatic ring is 1. The normalized spacial score (nSPS) is 21.8. The Morgan fingerprint density at radius 3 is 2.08 bits per heavy atom. The fourth-order valence-electron chi connectivity index (χ4n) is 4.36. The van der Waals surface area contributed by atoms with E-state index in [9.17, 15) is 27.7 Å². The van der Waals surface area contributed by atoms with E-state index in [2.05, 4.69) is 15.0 Å². The zero-order valence-corrected chi connectivity index (χ0v) is 22.3. The lowest BCUT2D eigenvalue weighted by Crippen LogP contribution is -2.43. The zero-order valence-electron chi connectivity index (χ0n) is 20.5. The summed E-state index contributed by atoms with van der Waals surface area (Å²) >= 11 is 0. The fraction of sp³-hybridized carbons (Fsp3) is 0.261. The van der Waals surface area contributed by atoms with Gasteiger partial charge in [0.05, 0.1) is 19.5 Å². The number of nitrogens with two attached hydrogens (primary N) is 1. The topological polar surface area (TPSA) is 181 Å². The molecule has 1 aliphatic rings. The Labute approximate surface area is 225 Å². The summed E-state index contributed by atoms with van der Waals surface area (Å²) in [5.74, 6) is -3.60. The van der Waals surface area contributed by atoms with Gasteiger partial charge < -0.3 is 19.3 Å². The Bertz CT molecular complexity index is 1630. The molecule has 1 aliphatic carbocycles. The number of para-hydroxylation sites is 2. The van der Waals surface area contributed by atoms with Gasteiger partial charge in [-0.25, -0.2) is 32.9 Å². The van der Waals surface area contributed by atoms with Gasteiger partial charge in [-0.1, -0.05) is 24.3 Å². The van der Waals surface area contributed by atoms with Crippen LogP contribution in [0.1, 0.15) is 12.5 Å². The van der Waals surface area contributed by atoms with Crippen LogP contribution in [0.3, 0.4) is 0 Å². The zero-order chi connectivity index (χ0) is 28.5. The predicted octanol–water partition coefficient (Wildman–Crippen LogP) is 4.26. The summed E-state index contributed by atoms with van der Waals surface area (Å²) in [5.41, 5.74) is 6.61. The van der Waals surface area contributed by atoms with Gasteiger partial charge in [0.2, 0.25) is 0 Å². The molecule has 0 aliphatic heterocycles. The number of imidazole rings is 1. The summed E-state index contributed by atoms with van der Waals surface area (Å²) in [6.07, 6.45) is 3.07. The van der Waals surface area contributed by atoms with E-state index in [4.69, 9.17) is 23.8 Å². The molecule has 5 rings (SSSR count). The van der Waals surface area contributed by atoms with Crippen molar-refractivity contribution in [1.29, 1.82) is 0 Å². The monoisotopic (exact) mass is 597 g/mol. The first-order valence-electron chi connectivity index (χ1n) is 11.8. The highest BCUT2D eigenvalue weighted by atomic mass is 31.2. The number of benzene rings is 2. The molecule has 1 fully saturated rings. The van der Waals surface area contributed by atoms with Crippen molar-refractivity contribution in [3.8, 4) is 11.5 Å². The van der Waals surface area contributed by atoms with Crippen LogP contribution in [-0.2, 0) is 18.2 Å². The van der Waals surface area contributed by atoms with Gasteiger partial charge in [-0.3, -0.25) is 18.8 Å². The number of aromatic nitrogens is 4. The molecular formula is C23H23F2N5O8P2. The Kier molecular flexibility index (Phi) is 7.87. The highest BCUT2D eigenvalue weighted by Crippen LogP contribution is 2.53. The molecule has 2 aromatic carbocycles. The number of rotatable bonds is 11. The molecule has 0 amide bonds. The summed E-state index contributed by atoms with van der Waals surface area (Å²) in [4.78, 5) is 32.7. The number of fused-ring (bicyclic) bond motifs is 1. The van der Waals surface area contributed by atoms with Crippen LogP contribution in [0.4, 0.5) is 14.6 Å². The van der Waals surface area contributed by atoms with Crippen molar-refractivity contribution in [2.24, 2.45) is 11.8 Å².